The first-order valence-corrected chi connectivity index (χ1v) is 10.9. The number of carbonyl (C=O) groups is 2. The summed E-state index contributed by atoms with van der Waals surface area (Å²) in [5, 5.41) is 11.7. The number of nitriles is 1. The molecular formula is C24H23F3N4O3. The number of ether oxygens (including phenoxy) is 1. The first-order valence-electron chi connectivity index (χ1n) is 10.9. The minimum absolute atomic E-state index is 0.153. The monoisotopic (exact) mass is 472 g/mol. The van der Waals surface area contributed by atoms with E-state index in [1.165, 1.54) is 12.1 Å². The summed E-state index contributed by atoms with van der Waals surface area (Å²) in [4.78, 5) is 28.9. The molecule has 2 aromatic rings. The molecule has 1 spiro atoms. The zero-order chi connectivity index (χ0) is 24.3. The topological polar surface area (TPSA) is 85.7 Å². The van der Waals surface area contributed by atoms with Gasteiger partial charge in [0.15, 0.2) is 0 Å². The summed E-state index contributed by atoms with van der Waals surface area (Å²) in [5.41, 5.74) is -0.210. The molecule has 0 aromatic heterocycles. The molecule has 178 valence electrons. The van der Waals surface area contributed by atoms with Crippen LogP contribution in [0.25, 0.3) is 0 Å². The van der Waals surface area contributed by atoms with Gasteiger partial charge in [0, 0.05) is 30.9 Å². The molecule has 2 heterocycles. The van der Waals surface area contributed by atoms with Crippen LogP contribution < -0.4 is 5.32 Å². The lowest BCUT2D eigenvalue weighted by Crippen LogP contribution is -2.59. The van der Waals surface area contributed by atoms with Gasteiger partial charge >= 0.3 is 12.2 Å². The number of nitrogens with zero attached hydrogens (tertiary/aromatic N) is 3. The summed E-state index contributed by atoms with van der Waals surface area (Å²) in [7, 11) is 0. The van der Waals surface area contributed by atoms with Crippen molar-refractivity contribution in [2.75, 3.05) is 38.1 Å². The number of carbonyl (C=O) groups excluding carboxylic acids is 2. The molecule has 0 saturated carbocycles. The zero-order valence-electron chi connectivity index (χ0n) is 18.3. The van der Waals surface area contributed by atoms with Crippen molar-refractivity contribution in [1.29, 1.82) is 5.26 Å². The van der Waals surface area contributed by atoms with Crippen LogP contribution >= 0.6 is 0 Å². The SMILES string of the molecule is N#Cc1cccc(C(=O)N2CCC3(CC2)CN(C(=O)Nc2ccc(C(F)(F)F)cc2)CCO3)c1. The molecule has 2 fully saturated rings. The second kappa shape index (κ2) is 9.35. The molecular weight excluding hydrogens is 449 g/mol. The van der Waals surface area contributed by atoms with Crippen LogP contribution in [0.15, 0.2) is 48.5 Å². The van der Waals surface area contributed by atoms with Gasteiger partial charge in [-0.25, -0.2) is 4.79 Å². The van der Waals surface area contributed by atoms with E-state index in [4.69, 9.17) is 10.00 Å². The Morgan fingerprint density at radius 2 is 1.74 bits per heavy atom. The van der Waals surface area contributed by atoms with E-state index in [-0.39, 0.29) is 11.6 Å². The average Bonchev–Trinajstić information content (AvgIpc) is 2.84. The van der Waals surface area contributed by atoms with Crippen LogP contribution in [0.4, 0.5) is 23.7 Å². The second-order valence-corrected chi connectivity index (χ2v) is 8.44. The fraction of sp³-hybridized carbons (Fsp3) is 0.375. The lowest BCUT2D eigenvalue weighted by molar-refractivity contribution is -0.137. The Hall–Kier alpha value is -3.58. The largest absolute Gasteiger partial charge is 0.416 e. The Bertz CT molecular complexity index is 1100. The first kappa shape index (κ1) is 23.6. The van der Waals surface area contributed by atoms with Gasteiger partial charge in [0.05, 0.1) is 35.9 Å². The van der Waals surface area contributed by atoms with E-state index < -0.39 is 23.4 Å². The molecule has 0 bridgehead atoms. The maximum Gasteiger partial charge on any atom is 0.416 e. The fourth-order valence-electron chi connectivity index (χ4n) is 4.29. The van der Waals surface area contributed by atoms with Crippen molar-refractivity contribution >= 4 is 17.6 Å². The highest BCUT2D eigenvalue weighted by molar-refractivity contribution is 5.94. The summed E-state index contributed by atoms with van der Waals surface area (Å²) in [6.45, 7) is 1.91. The predicted molar refractivity (Wildman–Crippen MR) is 117 cm³/mol. The lowest BCUT2D eigenvalue weighted by atomic mass is 9.89. The number of hydrogen-bond donors (Lipinski definition) is 1. The fourth-order valence-corrected chi connectivity index (χ4v) is 4.29. The van der Waals surface area contributed by atoms with Gasteiger partial charge in [-0.1, -0.05) is 6.07 Å². The maximum atomic E-state index is 12.8. The minimum atomic E-state index is -4.44. The zero-order valence-corrected chi connectivity index (χ0v) is 18.3. The Morgan fingerprint density at radius 3 is 2.38 bits per heavy atom. The Labute approximate surface area is 194 Å². The van der Waals surface area contributed by atoms with Gasteiger partial charge in [0.1, 0.15) is 0 Å². The number of urea groups is 1. The number of alkyl halides is 3. The van der Waals surface area contributed by atoms with Crippen LogP contribution in [-0.2, 0) is 10.9 Å². The molecule has 0 aliphatic carbocycles. The highest BCUT2D eigenvalue weighted by atomic mass is 19.4. The number of morpholine rings is 1. The van der Waals surface area contributed by atoms with E-state index in [1.807, 2.05) is 6.07 Å². The van der Waals surface area contributed by atoms with Crippen LogP contribution in [0.3, 0.4) is 0 Å². The highest BCUT2D eigenvalue weighted by Gasteiger charge is 2.42. The first-order chi connectivity index (χ1) is 16.2. The summed E-state index contributed by atoms with van der Waals surface area (Å²) in [6.07, 6.45) is -3.35. The Kier molecular flexibility index (Phi) is 6.48. The summed E-state index contributed by atoms with van der Waals surface area (Å²) in [5.74, 6) is -0.153. The quantitative estimate of drug-likeness (QED) is 0.713. The van der Waals surface area contributed by atoms with Gasteiger partial charge in [-0.15, -0.1) is 0 Å². The van der Waals surface area contributed by atoms with Gasteiger partial charge in [-0.2, -0.15) is 18.4 Å². The summed E-state index contributed by atoms with van der Waals surface area (Å²) in [6, 6.07) is 12.5. The number of benzene rings is 2. The summed E-state index contributed by atoms with van der Waals surface area (Å²) >= 11 is 0. The molecule has 0 atom stereocenters. The molecule has 0 radical (unpaired) electrons. The van der Waals surface area contributed by atoms with Crippen molar-refractivity contribution in [3.63, 3.8) is 0 Å². The molecule has 2 saturated heterocycles. The Morgan fingerprint density at radius 1 is 1.03 bits per heavy atom. The van der Waals surface area contributed by atoms with E-state index in [9.17, 15) is 22.8 Å². The number of likely N-dealkylation sites (tertiary alicyclic amines) is 1. The normalized spacial score (nSPS) is 17.8. The molecule has 4 rings (SSSR count). The van der Waals surface area contributed by atoms with Crippen molar-refractivity contribution in [2.45, 2.75) is 24.6 Å². The standard InChI is InChI=1S/C24H23F3N4O3/c25-24(26,27)19-4-6-20(7-5-19)29-22(33)31-12-13-34-23(16-31)8-10-30(11-9-23)21(32)18-3-1-2-17(14-18)15-28/h1-7,14H,8-13,16H2,(H,29,33). The third-order valence-corrected chi connectivity index (χ3v) is 6.20. The molecule has 2 aromatic carbocycles. The second-order valence-electron chi connectivity index (χ2n) is 8.44. The molecule has 3 amide bonds. The van der Waals surface area contributed by atoms with Gasteiger partial charge in [-0.05, 0) is 55.3 Å². The van der Waals surface area contributed by atoms with E-state index in [0.29, 0.717) is 56.8 Å². The van der Waals surface area contributed by atoms with Gasteiger partial charge in [0.2, 0.25) is 0 Å². The number of amides is 3. The van der Waals surface area contributed by atoms with Gasteiger partial charge < -0.3 is 19.9 Å². The van der Waals surface area contributed by atoms with Crippen molar-refractivity contribution in [1.82, 2.24) is 9.80 Å². The third kappa shape index (κ3) is 5.15. The third-order valence-electron chi connectivity index (χ3n) is 6.20. The smallest absolute Gasteiger partial charge is 0.371 e. The Balaban J connectivity index is 1.35. The minimum Gasteiger partial charge on any atom is -0.371 e. The molecule has 10 heteroatoms. The number of piperidine rings is 1. The highest BCUT2D eigenvalue weighted by Crippen LogP contribution is 2.32. The van der Waals surface area contributed by atoms with E-state index in [0.717, 1.165) is 12.1 Å². The van der Waals surface area contributed by atoms with Gasteiger partial charge in [0.25, 0.3) is 5.91 Å². The van der Waals surface area contributed by atoms with Crippen LogP contribution in [0.2, 0.25) is 0 Å². The average molecular weight is 472 g/mol. The van der Waals surface area contributed by atoms with Gasteiger partial charge in [-0.3, -0.25) is 4.79 Å². The molecule has 0 unspecified atom stereocenters. The lowest BCUT2D eigenvalue weighted by Gasteiger charge is -2.47. The molecule has 34 heavy (non-hydrogen) atoms. The number of anilines is 1. The van der Waals surface area contributed by atoms with E-state index in [2.05, 4.69) is 5.32 Å². The number of hydrogen-bond acceptors (Lipinski definition) is 4. The van der Waals surface area contributed by atoms with Crippen molar-refractivity contribution in [3.8, 4) is 6.07 Å². The molecule has 7 nitrogen and oxygen atoms in total. The number of halogens is 3. The van der Waals surface area contributed by atoms with E-state index >= 15 is 0 Å². The van der Waals surface area contributed by atoms with Crippen LogP contribution in [0, 0.1) is 11.3 Å². The van der Waals surface area contributed by atoms with E-state index in [1.54, 1.807) is 34.1 Å². The number of nitrogens with one attached hydrogen (secondary N) is 1. The van der Waals surface area contributed by atoms with Crippen LogP contribution in [0.1, 0.15) is 34.3 Å². The van der Waals surface area contributed by atoms with Crippen LogP contribution in [-0.4, -0.2) is 60.1 Å². The van der Waals surface area contributed by atoms with Crippen molar-refractivity contribution < 1.29 is 27.5 Å². The molecule has 2 aliphatic rings. The number of rotatable bonds is 2. The molecule has 1 N–H and O–H groups in total. The predicted octanol–water partition coefficient (Wildman–Crippen LogP) is 4.12. The van der Waals surface area contributed by atoms with Crippen molar-refractivity contribution in [2.24, 2.45) is 0 Å². The summed E-state index contributed by atoms with van der Waals surface area (Å²) < 4.78 is 44.2. The molecule has 2 aliphatic heterocycles. The maximum absolute atomic E-state index is 12.8. The van der Waals surface area contributed by atoms with Crippen LogP contribution in [0.5, 0.6) is 0 Å². The van der Waals surface area contributed by atoms with Crippen molar-refractivity contribution in [3.05, 3.63) is 65.2 Å².